The third-order valence-corrected chi connectivity index (χ3v) is 4.22. The number of aryl methyl sites for hydroxylation is 1. The fourth-order valence-electron chi connectivity index (χ4n) is 2.71. The number of nitrogens with one attached hydrogen (secondary N) is 1. The third kappa shape index (κ3) is 3.94. The van der Waals surface area contributed by atoms with Gasteiger partial charge in [0, 0.05) is 10.9 Å². The van der Waals surface area contributed by atoms with Crippen LogP contribution in [-0.4, -0.2) is 13.0 Å². The van der Waals surface area contributed by atoms with E-state index in [1.54, 1.807) is 43.5 Å². The number of unbranched alkanes of at least 4 members (excludes halogenated alkanes) is 1. The molecule has 0 atom stereocenters. The maximum Gasteiger partial charge on any atom is 0.360 e. The van der Waals surface area contributed by atoms with Crippen LogP contribution in [0.1, 0.15) is 35.7 Å². The summed E-state index contributed by atoms with van der Waals surface area (Å²) < 4.78 is 10.4. The summed E-state index contributed by atoms with van der Waals surface area (Å²) in [5, 5.41) is 3.31. The smallest absolute Gasteiger partial charge is 0.360 e. The molecule has 134 valence electrons. The van der Waals surface area contributed by atoms with Gasteiger partial charge in [-0.2, -0.15) is 0 Å². The zero-order valence-electron chi connectivity index (χ0n) is 14.9. The zero-order valence-corrected chi connectivity index (χ0v) is 14.9. The predicted molar refractivity (Wildman–Crippen MR) is 102 cm³/mol. The van der Waals surface area contributed by atoms with Crippen molar-refractivity contribution in [2.24, 2.45) is 0 Å². The lowest BCUT2D eigenvalue weighted by Crippen LogP contribution is -2.17. The van der Waals surface area contributed by atoms with Crippen molar-refractivity contribution in [2.75, 3.05) is 12.4 Å². The second-order valence-electron chi connectivity index (χ2n) is 6.11. The fraction of sp³-hybridized carbons (Fsp3) is 0.238. The lowest BCUT2D eigenvalue weighted by molar-refractivity contribution is 0.102. The molecule has 0 aliphatic heterocycles. The van der Waals surface area contributed by atoms with E-state index in [1.807, 2.05) is 12.1 Å². The van der Waals surface area contributed by atoms with E-state index >= 15 is 0 Å². The molecule has 2 aromatic carbocycles. The monoisotopic (exact) mass is 351 g/mol. The molecule has 5 heteroatoms. The first-order chi connectivity index (χ1) is 12.6. The minimum absolute atomic E-state index is 0.103. The Morgan fingerprint density at radius 1 is 1.12 bits per heavy atom. The minimum atomic E-state index is -0.587. The van der Waals surface area contributed by atoms with Gasteiger partial charge in [0.1, 0.15) is 17.0 Å². The Labute approximate surface area is 151 Å². The molecule has 1 aromatic heterocycles. The number of benzene rings is 2. The maximum absolute atomic E-state index is 12.4. The molecule has 0 unspecified atom stereocenters. The summed E-state index contributed by atoms with van der Waals surface area (Å²) in [6.07, 6.45) is 3.24. The van der Waals surface area contributed by atoms with E-state index in [0.29, 0.717) is 22.3 Å². The van der Waals surface area contributed by atoms with E-state index in [1.165, 1.54) is 5.56 Å². The second kappa shape index (κ2) is 7.87. The molecule has 3 aromatic rings. The first kappa shape index (κ1) is 17.7. The van der Waals surface area contributed by atoms with Gasteiger partial charge in [0.05, 0.1) is 7.11 Å². The summed E-state index contributed by atoms with van der Waals surface area (Å²) in [7, 11) is 1.56. The van der Waals surface area contributed by atoms with Crippen LogP contribution in [0, 0.1) is 0 Å². The average molecular weight is 351 g/mol. The Morgan fingerprint density at radius 2 is 1.88 bits per heavy atom. The molecule has 0 aliphatic carbocycles. The highest BCUT2D eigenvalue weighted by Crippen LogP contribution is 2.22. The lowest BCUT2D eigenvalue weighted by Gasteiger charge is -2.07. The first-order valence-corrected chi connectivity index (χ1v) is 8.63. The Kier molecular flexibility index (Phi) is 5.37. The molecule has 0 radical (unpaired) electrons. The lowest BCUT2D eigenvalue weighted by atomic mass is 10.1. The van der Waals surface area contributed by atoms with Crippen molar-refractivity contribution in [1.29, 1.82) is 0 Å². The number of carbonyl (C=O) groups is 1. The number of methoxy groups -OCH3 is 1. The zero-order chi connectivity index (χ0) is 18.5. The quantitative estimate of drug-likeness (QED) is 0.669. The number of anilines is 1. The van der Waals surface area contributed by atoms with E-state index < -0.39 is 5.63 Å². The number of ether oxygens (including phenoxy) is 1. The van der Waals surface area contributed by atoms with Gasteiger partial charge in [-0.05, 0) is 54.8 Å². The highest BCUT2D eigenvalue weighted by Gasteiger charge is 2.11. The molecule has 3 rings (SSSR count). The maximum atomic E-state index is 12.4. The predicted octanol–water partition coefficient (Wildman–Crippen LogP) is 4.40. The van der Waals surface area contributed by atoms with Gasteiger partial charge >= 0.3 is 5.63 Å². The molecule has 5 nitrogen and oxygen atoms in total. The number of fused-ring (bicyclic) bond motifs is 1. The van der Waals surface area contributed by atoms with Crippen LogP contribution in [0.3, 0.4) is 0 Å². The van der Waals surface area contributed by atoms with Crippen LogP contribution >= 0.6 is 0 Å². The highest BCUT2D eigenvalue weighted by molar-refractivity contribution is 6.04. The van der Waals surface area contributed by atoms with Crippen LogP contribution in [0.25, 0.3) is 11.0 Å². The summed E-state index contributed by atoms with van der Waals surface area (Å²) in [5.41, 5.74) is 1.64. The summed E-state index contributed by atoms with van der Waals surface area (Å²) in [6, 6.07) is 14.1. The van der Waals surface area contributed by atoms with Gasteiger partial charge in [-0.25, -0.2) is 4.79 Å². The van der Waals surface area contributed by atoms with Crippen molar-refractivity contribution < 1.29 is 13.9 Å². The van der Waals surface area contributed by atoms with E-state index in [4.69, 9.17) is 9.15 Å². The average Bonchev–Trinajstić information content (AvgIpc) is 2.67. The van der Waals surface area contributed by atoms with Crippen LogP contribution in [0.2, 0.25) is 0 Å². The molecule has 0 saturated carbocycles. The minimum Gasteiger partial charge on any atom is -0.497 e. The number of carbonyl (C=O) groups excluding carboxylic acids is 1. The molecule has 0 aliphatic rings. The molecule has 0 bridgehead atoms. The van der Waals surface area contributed by atoms with Gasteiger partial charge in [-0.1, -0.05) is 25.5 Å². The van der Waals surface area contributed by atoms with Crippen molar-refractivity contribution >= 4 is 22.6 Å². The van der Waals surface area contributed by atoms with Crippen LogP contribution in [-0.2, 0) is 6.42 Å². The summed E-state index contributed by atoms with van der Waals surface area (Å²) in [4.78, 5) is 24.5. The van der Waals surface area contributed by atoms with Gasteiger partial charge in [0.2, 0.25) is 0 Å². The second-order valence-corrected chi connectivity index (χ2v) is 6.11. The van der Waals surface area contributed by atoms with Crippen molar-refractivity contribution in [1.82, 2.24) is 0 Å². The van der Waals surface area contributed by atoms with Crippen LogP contribution < -0.4 is 15.7 Å². The topological polar surface area (TPSA) is 68.5 Å². The SMILES string of the molecule is CCCCc1ccc(C(=O)Nc2cc3cc(OC)ccc3oc2=O)cc1. The molecule has 0 saturated heterocycles. The standard InChI is InChI=1S/C21H21NO4/c1-3-4-5-14-6-8-15(9-7-14)20(23)22-18-13-16-12-17(25-2)10-11-19(16)26-21(18)24/h6-13H,3-5H2,1-2H3,(H,22,23). The van der Waals surface area contributed by atoms with Gasteiger partial charge in [0.15, 0.2) is 0 Å². The summed E-state index contributed by atoms with van der Waals surface area (Å²) in [5.74, 6) is 0.299. The Balaban J connectivity index is 1.82. The molecular weight excluding hydrogens is 330 g/mol. The fourth-order valence-corrected chi connectivity index (χ4v) is 2.71. The van der Waals surface area contributed by atoms with Crippen LogP contribution in [0.15, 0.2) is 57.7 Å². The van der Waals surface area contributed by atoms with Gasteiger partial charge in [-0.15, -0.1) is 0 Å². The van der Waals surface area contributed by atoms with Crippen molar-refractivity contribution in [3.05, 3.63) is 70.1 Å². The summed E-state index contributed by atoms with van der Waals surface area (Å²) >= 11 is 0. The molecule has 1 heterocycles. The van der Waals surface area contributed by atoms with Crippen LogP contribution in [0.4, 0.5) is 5.69 Å². The molecule has 1 amide bonds. The largest absolute Gasteiger partial charge is 0.497 e. The Bertz CT molecular complexity index is 973. The normalized spacial score (nSPS) is 10.7. The Morgan fingerprint density at radius 3 is 2.58 bits per heavy atom. The number of rotatable bonds is 6. The molecule has 0 spiro atoms. The molecule has 26 heavy (non-hydrogen) atoms. The molecular formula is C21H21NO4. The van der Waals surface area contributed by atoms with E-state index in [9.17, 15) is 9.59 Å². The summed E-state index contributed by atoms with van der Waals surface area (Å²) in [6.45, 7) is 2.15. The third-order valence-electron chi connectivity index (χ3n) is 4.22. The first-order valence-electron chi connectivity index (χ1n) is 8.63. The molecule has 0 fully saturated rings. The van der Waals surface area contributed by atoms with Gasteiger partial charge < -0.3 is 14.5 Å². The van der Waals surface area contributed by atoms with Crippen molar-refractivity contribution in [3.8, 4) is 5.75 Å². The van der Waals surface area contributed by atoms with Gasteiger partial charge in [0.25, 0.3) is 5.91 Å². The van der Waals surface area contributed by atoms with Crippen molar-refractivity contribution in [3.63, 3.8) is 0 Å². The van der Waals surface area contributed by atoms with E-state index in [0.717, 1.165) is 19.3 Å². The van der Waals surface area contributed by atoms with E-state index in [2.05, 4.69) is 12.2 Å². The number of amides is 1. The van der Waals surface area contributed by atoms with Crippen LogP contribution in [0.5, 0.6) is 5.75 Å². The highest BCUT2D eigenvalue weighted by atomic mass is 16.5. The Hall–Kier alpha value is -3.08. The number of hydrogen-bond acceptors (Lipinski definition) is 4. The van der Waals surface area contributed by atoms with Crippen molar-refractivity contribution in [2.45, 2.75) is 26.2 Å². The van der Waals surface area contributed by atoms with Gasteiger partial charge in [-0.3, -0.25) is 4.79 Å². The molecule has 1 N–H and O–H groups in total. The number of hydrogen-bond donors (Lipinski definition) is 1. The van der Waals surface area contributed by atoms with E-state index in [-0.39, 0.29) is 11.6 Å².